The van der Waals surface area contributed by atoms with Gasteiger partial charge in [0.15, 0.2) is 6.29 Å². The van der Waals surface area contributed by atoms with Gasteiger partial charge in [-0.3, -0.25) is 0 Å². The van der Waals surface area contributed by atoms with E-state index in [9.17, 15) is 0 Å². The molecule has 0 amide bonds. The summed E-state index contributed by atoms with van der Waals surface area (Å²) >= 11 is 3.48. The molecule has 0 fully saturated rings. The van der Waals surface area contributed by atoms with Crippen LogP contribution >= 0.6 is 15.9 Å². The first-order valence-electron chi connectivity index (χ1n) is 4.50. The first-order valence-corrected chi connectivity index (χ1v) is 5.30. The van der Waals surface area contributed by atoms with Gasteiger partial charge in [0.2, 0.25) is 0 Å². The molecule has 1 heterocycles. The van der Waals surface area contributed by atoms with Gasteiger partial charge in [-0.05, 0) is 6.07 Å². The van der Waals surface area contributed by atoms with Crippen molar-refractivity contribution in [2.45, 2.75) is 6.29 Å². The van der Waals surface area contributed by atoms with E-state index < -0.39 is 0 Å². The van der Waals surface area contributed by atoms with E-state index >= 15 is 0 Å². The summed E-state index contributed by atoms with van der Waals surface area (Å²) in [5, 5.41) is 0. The molecule has 0 bridgehead atoms. The molecule has 1 aromatic carbocycles. The lowest BCUT2D eigenvalue weighted by atomic mass is 10.2. The Hall–Kier alpha value is -0.640. The second-order valence-corrected chi connectivity index (χ2v) is 3.85. The molecular formula is C11H11BrO2. The van der Waals surface area contributed by atoms with Crippen LogP contribution in [0.4, 0.5) is 0 Å². The Kier molecular flexibility index (Phi) is 3.35. The molecule has 14 heavy (non-hydrogen) atoms. The van der Waals surface area contributed by atoms with Crippen LogP contribution in [-0.4, -0.2) is 13.2 Å². The molecule has 2 nitrogen and oxygen atoms in total. The van der Waals surface area contributed by atoms with Gasteiger partial charge >= 0.3 is 0 Å². The SMILES string of the molecule is Brc1ccccc1C1OCC=CCO1. The maximum absolute atomic E-state index is 5.53. The fraction of sp³-hybridized carbons (Fsp3) is 0.273. The maximum Gasteiger partial charge on any atom is 0.185 e. The van der Waals surface area contributed by atoms with Crippen molar-refractivity contribution in [2.75, 3.05) is 13.2 Å². The third-order valence-electron chi connectivity index (χ3n) is 2.01. The lowest BCUT2D eigenvalue weighted by molar-refractivity contribution is -0.126. The van der Waals surface area contributed by atoms with Gasteiger partial charge < -0.3 is 9.47 Å². The molecule has 2 rings (SSSR count). The highest BCUT2D eigenvalue weighted by Gasteiger charge is 2.15. The highest BCUT2D eigenvalue weighted by atomic mass is 79.9. The number of benzene rings is 1. The van der Waals surface area contributed by atoms with Crippen LogP contribution < -0.4 is 0 Å². The number of ether oxygens (including phenoxy) is 2. The molecule has 0 atom stereocenters. The Balaban J connectivity index is 2.18. The van der Waals surface area contributed by atoms with Crippen molar-refractivity contribution in [1.29, 1.82) is 0 Å². The van der Waals surface area contributed by atoms with Crippen molar-refractivity contribution in [3.8, 4) is 0 Å². The van der Waals surface area contributed by atoms with Gasteiger partial charge in [0.1, 0.15) is 0 Å². The summed E-state index contributed by atoms with van der Waals surface area (Å²) in [5.74, 6) is 0. The quantitative estimate of drug-likeness (QED) is 0.718. The molecule has 1 aliphatic rings. The van der Waals surface area contributed by atoms with E-state index in [2.05, 4.69) is 15.9 Å². The van der Waals surface area contributed by atoms with Gasteiger partial charge in [0, 0.05) is 10.0 Å². The Morgan fingerprint density at radius 2 is 1.71 bits per heavy atom. The molecule has 1 aromatic rings. The van der Waals surface area contributed by atoms with Crippen LogP contribution in [0.3, 0.4) is 0 Å². The summed E-state index contributed by atoms with van der Waals surface area (Å²) in [7, 11) is 0. The largest absolute Gasteiger partial charge is 0.344 e. The fourth-order valence-electron chi connectivity index (χ4n) is 1.32. The zero-order chi connectivity index (χ0) is 9.80. The average Bonchev–Trinajstić information content (AvgIpc) is 2.47. The number of hydrogen-bond donors (Lipinski definition) is 0. The molecule has 74 valence electrons. The topological polar surface area (TPSA) is 18.5 Å². The van der Waals surface area contributed by atoms with Crippen molar-refractivity contribution >= 4 is 15.9 Å². The van der Waals surface area contributed by atoms with E-state index in [1.807, 2.05) is 36.4 Å². The van der Waals surface area contributed by atoms with Gasteiger partial charge in [-0.25, -0.2) is 0 Å². The summed E-state index contributed by atoms with van der Waals surface area (Å²) in [4.78, 5) is 0. The highest BCUT2D eigenvalue weighted by molar-refractivity contribution is 9.10. The van der Waals surface area contributed by atoms with Crippen LogP contribution in [-0.2, 0) is 9.47 Å². The lowest BCUT2D eigenvalue weighted by Gasteiger charge is -2.16. The highest BCUT2D eigenvalue weighted by Crippen LogP contribution is 2.27. The summed E-state index contributed by atoms with van der Waals surface area (Å²) in [6, 6.07) is 7.94. The minimum atomic E-state index is -0.263. The summed E-state index contributed by atoms with van der Waals surface area (Å²) in [6.45, 7) is 1.21. The molecule has 1 aliphatic heterocycles. The fourth-order valence-corrected chi connectivity index (χ4v) is 1.79. The standard InChI is InChI=1S/C11H11BrO2/c12-10-6-2-1-5-9(10)11-13-7-3-4-8-14-11/h1-6,11H,7-8H2. The smallest absolute Gasteiger partial charge is 0.185 e. The lowest BCUT2D eigenvalue weighted by Crippen LogP contribution is -2.07. The van der Waals surface area contributed by atoms with Crippen LogP contribution in [0.2, 0.25) is 0 Å². The van der Waals surface area contributed by atoms with E-state index in [1.165, 1.54) is 0 Å². The zero-order valence-electron chi connectivity index (χ0n) is 7.65. The van der Waals surface area contributed by atoms with Crippen LogP contribution in [0, 0.1) is 0 Å². The molecule has 0 radical (unpaired) electrons. The Labute approximate surface area is 91.7 Å². The molecule has 0 aliphatic carbocycles. The van der Waals surface area contributed by atoms with E-state index in [0.717, 1.165) is 10.0 Å². The minimum absolute atomic E-state index is 0.263. The summed E-state index contributed by atoms with van der Waals surface area (Å²) in [6.07, 6.45) is 3.67. The van der Waals surface area contributed by atoms with E-state index in [-0.39, 0.29) is 6.29 Å². The van der Waals surface area contributed by atoms with Gasteiger partial charge in [0.05, 0.1) is 13.2 Å². The van der Waals surface area contributed by atoms with Crippen molar-refractivity contribution in [3.05, 3.63) is 46.5 Å². The molecule has 0 unspecified atom stereocenters. The maximum atomic E-state index is 5.53. The average molecular weight is 255 g/mol. The first-order chi connectivity index (χ1) is 6.88. The van der Waals surface area contributed by atoms with E-state index in [0.29, 0.717) is 13.2 Å². The molecule has 0 aromatic heterocycles. The number of hydrogen-bond acceptors (Lipinski definition) is 2. The molecular weight excluding hydrogens is 244 g/mol. The summed E-state index contributed by atoms with van der Waals surface area (Å²) in [5.41, 5.74) is 1.04. The second-order valence-electron chi connectivity index (χ2n) is 2.99. The van der Waals surface area contributed by atoms with Crippen LogP contribution in [0.15, 0.2) is 40.9 Å². The number of halogens is 1. The van der Waals surface area contributed by atoms with Crippen molar-refractivity contribution in [3.63, 3.8) is 0 Å². The van der Waals surface area contributed by atoms with Crippen molar-refractivity contribution < 1.29 is 9.47 Å². The van der Waals surface area contributed by atoms with Gasteiger partial charge in [0.25, 0.3) is 0 Å². The Morgan fingerprint density at radius 1 is 1.07 bits per heavy atom. The first kappa shape index (κ1) is 9.90. The van der Waals surface area contributed by atoms with Crippen LogP contribution in [0.5, 0.6) is 0 Å². The Bertz CT molecular complexity index is 326. The molecule has 0 saturated heterocycles. The van der Waals surface area contributed by atoms with E-state index in [4.69, 9.17) is 9.47 Å². The third kappa shape index (κ3) is 2.23. The normalized spacial score (nSPS) is 18.1. The van der Waals surface area contributed by atoms with E-state index in [1.54, 1.807) is 0 Å². The van der Waals surface area contributed by atoms with Gasteiger partial charge in [-0.1, -0.05) is 46.3 Å². The van der Waals surface area contributed by atoms with Gasteiger partial charge in [-0.2, -0.15) is 0 Å². The minimum Gasteiger partial charge on any atom is -0.344 e. The second kappa shape index (κ2) is 4.73. The van der Waals surface area contributed by atoms with Gasteiger partial charge in [-0.15, -0.1) is 0 Å². The summed E-state index contributed by atoms with van der Waals surface area (Å²) < 4.78 is 12.1. The molecule has 0 spiro atoms. The van der Waals surface area contributed by atoms with Crippen LogP contribution in [0.1, 0.15) is 11.9 Å². The molecule has 3 heteroatoms. The molecule has 0 N–H and O–H groups in total. The predicted octanol–water partition coefficient (Wildman–Crippen LogP) is 3.05. The molecule has 0 saturated carbocycles. The number of rotatable bonds is 1. The third-order valence-corrected chi connectivity index (χ3v) is 2.74. The van der Waals surface area contributed by atoms with Crippen LogP contribution in [0.25, 0.3) is 0 Å². The van der Waals surface area contributed by atoms with Crippen molar-refractivity contribution in [1.82, 2.24) is 0 Å². The van der Waals surface area contributed by atoms with Crippen molar-refractivity contribution in [2.24, 2.45) is 0 Å². The monoisotopic (exact) mass is 254 g/mol. The zero-order valence-corrected chi connectivity index (χ0v) is 9.24. The predicted molar refractivity (Wildman–Crippen MR) is 57.9 cm³/mol. The Morgan fingerprint density at radius 3 is 2.36 bits per heavy atom.